The summed E-state index contributed by atoms with van der Waals surface area (Å²) in [6.07, 6.45) is 4.28. The van der Waals surface area contributed by atoms with Gasteiger partial charge in [0.1, 0.15) is 0 Å². The fraction of sp³-hybridized carbons (Fsp3) is 0.769. The first-order chi connectivity index (χ1) is 8.74. The Balaban J connectivity index is 2.15. The first-order valence-electron chi connectivity index (χ1n) is 6.94. The van der Waals surface area contributed by atoms with Gasteiger partial charge in [0.2, 0.25) is 5.95 Å². The summed E-state index contributed by atoms with van der Waals surface area (Å²) in [5.74, 6) is 2.44. The Kier molecular flexibility index (Phi) is 4.33. The van der Waals surface area contributed by atoms with E-state index in [9.17, 15) is 0 Å². The molecule has 5 heteroatoms. The summed E-state index contributed by atoms with van der Waals surface area (Å²) in [6.45, 7) is 10.5. The number of piperidine rings is 1. The van der Waals surface area contributed by atoms with Crippen molar-refractivity contribution in [2.45, 2.75) is 33.6 Å². The summed E-state index contributed by atoms with van der Waals surface area (Å²) in [4.78, 5) is 9.11. The minimum absolute atomic E-state index is 0.722. The van der Waals surface area contributed by atoms with E-state index < -0.39 is 0 Å². The minimum atomic E-state index is 0.722. The van der Waals surface area contributed by atoms with E-state index in [0.29, 0.717) is 0 Å². The highest BCUT2D eigenvalue weighted by molar-refractivity contribution is 5.41. The molecule has 100 valence electrons. The molecule has 1 aromatic heterocycles. The minimum Gasteiger partial charge on any atom is -0.356 e. The van der Waals surface area contributed by atoms with Crippen LogP contribution in [0.3, 0.4) is 0 Å². The Bertz CT molecular complexity index is 377. The zero-order chi connectivity index (χ0) is 13.0. The number of hydrogen-bond acceptors (Lipinski definition) is 5. The fourth-order valence-corrected chi connectivity index (χ4v) is 2.49. The molecule has 5 nitrogen and oxygen atoms in total. The molecular weight excluding hydrogens is 226 g/mol. The molecule has 0 bridgehead atoms. The van der Waals surface area contributed by atoms with Crippen LogP contribution in [0.5, 0.6) is 0 Å². The van der Waals surface area contributed by atoms with Crippen LogP contribution in [-0.4, -0.2) is 41.4 Å². The molecular formula is C13H23N5. The van der Waals surface area contributed by atoms with Crippen molar-refractivity contribution < 1.29 is 0 Å². The molecule has 1 atom stereocenters. The van der Waals surface area contributed by atoms with Crippen LogP contribution in [0, 0.1) is 5.92 Å². The molecule has 2 rings (SSSR count). The zero-order valence-electron chi connectivity index (χ0n) is 11.6. The van der Waals surface area contributed by atoms with E-state index >= 15 is 0 Å². The van der Waals surface area contributed by atoms with Gasteiger partial charge in [0, 0.05) is 26.2 Å². The Morgan fingerprint density at radius 3 is 2.83 bits per heavy atom. The zero-order valence-corrected chi connectivity index (χ0v) is 11.6. The van der Waals surface area contributed by atoms with Gasteiger partial charge in [0.05, 0.1) is 6.20 Å². The lowest BCUT2D eigenvalue weighted by molar-refractivity contribution is 0.441. The quantitative estimate of drug-likeness (QED) is 0.816. The van der Waals surface area contributed by atoms with Crippen molar-refractivity contribution >= 4 is 11.8 Å². The third kappa shape index (κ3) is 2.89. The van der Waals surface area contributed by atoms with Crippen molar-refractivity contribution in [2.24, 2.45) is 5.92 Å². The molecule has 0 saturated carbocycles. The van der Waals surface area contributed by atoms with Gasteiger partial charge in [-0.3, -0.25) is 0 Å². The molecule has 1 saturated heterocycles. The van der Waals surface area contributed by atoms with Crippen molar-refractivity contribution in [3.63, 3.8) is 0 Å². The topological polar surface area (TPSA) is 45.2 Å². The van der Waals surface area contributed by atoms with Crippen molar-refractivity contribution in [3.05, 3.63) is 6.20 Å². The normalized spacial score (nSPS) is 19.9. The highest BCUT2D eigenvalue weighted by Crippen LogP contribution is 2.20. The lowest BCUT2D eigenvalue weighted by atomic mass is 10.0. The predicted molar refractivity (Wildman–Crippen MR) is 74.0 cm³/mol. The highest BCUT2D eigenvalue weighted by Gasteiger charge is 2.19. The Morgan fingerprint density at radius 2 is 2.17 bits per heavy atom. The fourth-order valence-electron chi connectivity index (χ4n) is 2.49. The second-order valence-corrected chi connectivity index (χ2v) is 4.98. The molecule has 1 aromatic rings. The lowest BCUT2D eigenvalue weighted by Crippen LogP contribution is -2.36. The second-order valence-electron chi connectivity index (χ2n) is 4.98. The predicted octanol–water partition coefficient (Wildman–Crippen LogP) is 1.95. The Labute approximate surface area is 109 Å². The van der Waals surface area contributed by atoms with Gasteiger partial charge in [-0.25, -0.2) is 0 Å². The number of aromatic nitrogens is 3. The molecule has 2 heterocycles. The molecule has 18 heavy (non-hydrogen) atoms. The van der Waals surface area contributed by atoms with E-state index in [1.165, 1.54) is 12.8 Å². The van der Waals surface area contributed by atoms with Crippen LogP contribution in [0.2, 0.25) is 0 Å². The average molecular weight is 249 g/mol. The van der Waals surface area contributed by atoms with Gasteiger partial charge in [-0.2, -0.15) is 10.1 Å². The molecule has 0 aromatic carbocycles. The van der Waals surface area contributed by atoms with Gasteiger partial charge < -0.3 is 9.80 Å². The van der Waals surface area contributed by atoms with Crippen LogP contribution in [0.25, 0.3) is 0 Å². The second kappa shape index (κ2) is 5.98. The van der Waals surface area contributed by atoms with E-state index in [1.807, 2.05) is 0 Å². The average Bonchev–Trinajstić information content (AvgIpc) is 2.41. The van der Waals surface area contributed by atoms with Crippen LogP contribution in [0.4, 0.5) is 11.8 Å². The van der Waals surface area contributed by atoms with E-state index in [-0.39, 0.29) is 0 Å². The first kappa shape index (κ1) is 13.1. The molecule has 0 aliphatic carbocycles. The third-order valence-electron chi connectivity index (χ3n) is 3.56. The standard InChI is InChI=1S/C13H23N5/c1-4-17(5-2)12-9-14-16-13(15-12)18-8-6-7-11(3)10-18/h9,11H,4-8,10H2,1-3H3. The largest absolute Gasteiger partial charge is 0.356 e. The lowest BCUT2D eigenvalue weighted by Gasteiger charge is -2.31. The maximum atomic E-state index is 4.65. The van der Waals surface area contributed by atoms with Crippen LogP contribution in [0.1, 0.15) is 33.6 Å². The summed E-state index contributed by atoms with van der Waals surface area (Å²) >= 11 is 0. The van der Waals surface area contributed by atoms with Crippen molar-refractivity contribution in [1.29, 1.82) is 0 Å². The summed E-state index contributed by atoms with van der Waals surface area (Å²) in [5, 5.41) is 8.29. The molecule has 0 spiro atoms. The van der Waals surface area contributed by atoms with Gasteiger partial charge in [0.25, 0.3) is 0 Å². The van der Waals surface area contributed by atoms with E-state index in [2.05, 4.69) is 45.8 Å². The SMILES string of the molecule is CCN(CC)c1cnnc(N2CCCC(C)C2)n1. The molecule has 1 unspecified atom stereocenters. The number of anilines is 2. The maximum absolute atomic E-state index is 4.65. The first-order valence-corrected chi connectivity index (χ1v) is 6.94. The van der Waals surface area contributed by atoms with E-state index in [4.69, 9.17) is 0 Å². The van der Waals surface area contributed by atoms with Gasteiger partial charge in [-0.1, -0.05) is 6.92 Å². The molecule has 0 N–H and O–H groups in total. The van der Waals surface area contributed by atoms with Crippen molar-refractivity contribution in [3.8, 4) is 0 Å². The Hall–Kier alpha value is -1.39. The van der Waals surface area contributed by atoms with Crippen LogP contribution >= 0.6 is 0 Å². The van der Waals surface area contributed by atoms with E-state index in [1.54, 1.807) is 6.20 Å². The van der Waals surface area contributed by atoms with Gasteiger partial charge in [0.15, 0.2) is 5.82 Å². The number of rotatable bonds is 4. The number of hydrogen-bond donors (Lipinski definition) is 0. The number of nitrogens with zero attached hydrogens (tertiary/aromatic N) is 5. The van der Waals surface area contributed by atoms with E-state index in [0.717, 1.165) is 43.9 Å². The smallest absolute Gasteiger partial charge is 0.247 e. The summed E-state index contributed by atoms with van der Waals surface area (Å²) in [6, 6.07) is 0. The van der Waals surface area contributed by atoms with Gasteiger partial charge in [-0.05, 0) is 32.6 Å². The van der Waals surface area contributed by atoms with Crippen LogP contribution in [0.15, 0.2) is 6.20 Å². The van der Waals surface area contributed by atoms with Crippen LogP contribution in [-0.2, 0) is 0 Å². The third-order valence-corrected chi connectivity index (χ3v) is 3.56. The summed E-state index contributed by atoms with van der Waals surface area (Å²) < 4.78 is 0. The molecule has 1 aliphatic heterocycles. The monoisotopic (exact) mass is 249 g/mol. The molecule has 0 amide bonds. The molecule has 1 fully saturated rings. The van der Waals surface area contributed by atoms with Crippen molar-refractivity contribution in [1.82, 2.24) is 15.2 Å². The maximum Gasteiger partial charge on any atom is 0.247 e. The van der Waals surface area contributed by atoms with Gasteiger partial charge in [-0.15, -0.1) is 5.10 Å². The Morgan fingerprint density at radius 1 is 1.39 bits per heavy atom. The summed E-state index contributed by atoms with van der Waals surface area (Å²) in [7, 11) is 0. The van der Waals surface area contributed by atoms with Crippen molar-refractivity contribution in [2.75, 3.05) is 36.0 Å². The van der Waals surface area contributed by atoms with Gasteiger partial charge >= 0.3 is 0 Å². The molecule has 0 radical (unpaired) electrons. The summed E-state index contributed by atoms with van der Waals surface area (Å²) in [5.41, 5.74) is 0. The van der Waals surface area contributed by atoms with Crippen LogP contribution < -0.4 is 9.80 Å². The highest BCUT2D eigenvalue weighted by atomic mass is 15.3. The molecule has 1 aliphatic rings.